The van der Waals surface area contributed by atoms with Crippen molar-refractivity contribution in [1.82, 2.24) is 0 Å². The minimum atomic E-state index is -0.747. The third-order valence-corrected chi connectivity index (χ3v) is 1.50. The van der Waals surface area contributed by atoms with Crippen molar-refractivity contribution in [1.29, 1.82) is 0 Å². The molecule has 0 aromatic carbocycles. The first-order valence-corrected chi connectivity index (χ1v) is 4.94. The van der Waals surface area contributed by atoms with E-state index in [0.29, 0.717) is 0 Å². The first-order valence-electron chi connectivity index (χ1n) is 1.70. The Morgan fingerprint density at radius 1 is 1.44 bits per heavy atom. The molecule has 0 aliphatic heterocycles. The normalized spacial score (nSPS) is 10.1. The van der Waals surface area contributed by atoms with Gasteiger partial charge in [-0.15, -0.1) is 0 Å². The third kappa shape index (κ3) is 13.3. The van der Waals surface area contributed by atoms with E-state index >= 15 is 0 Å². The van der Waals surface area contributed by atoms with Gasteiger partial charge in [0.05, 0.1) is 6.42 Å². The van der Waals surface area contributed by atoms with E-state index in [4.69, 9.17) is 5.11 Å². The van der Waals surface area contributed by atoms with Gasteiger partial charge in [-0.05, 0) is 0 Å². The molecule has 54 valence electrons. The van der Waals surface area contributed by atoms with Gasteiger partial charge in [-0.2, -0.15) is 0 Å². The van der Waals surface area contributed by atoms with Gasteiger partial charge >= 0.3 is 25.8 Å². The maximum absolute atomic E-state index is 10.0. The number of carboxylic acid groups (broad SMARTS) is 1. The first-order chi connectivity index (χ1) is 3.42. The molecule has 0 unspecified atom stereocenters. The number of rotatable bonds is 2. The molecule has 0 aliphatic carbocycles. The van der Waals surface area contributed by atoms with E-state index in [1.165, 1.54) is 0 Å². The minimum absolute atomic E-state index is 0. The van der Waals surface area contributed by atoms with E-state index in [-0.39, 0.29) is 25.6 Å². The molecule has 0 aromatic heterocycles. The Morgan fingerprint density at radius 3 is 1.78 bits per heavy atom. The molecule has 2 nitrogen and oxygen atoms in total. The molecular weight excluding hydrogens is 518 g/mol. The number of carbonyl (C=O) groups is 1. The SMILES string of the molecule is O=C(O)CC(I)(I)I.[GaH3]. The van der Waals surface area contributed by atoms with Crippen LogP contribution in [0.2, 0.25) is 0 Å². The van der Waals surface area contributed by atoms with Gasteiger partial charge in [0, 0.05) is 0 Å². The quantitative estimate of drug-likeness (QED) is 0.336. The van der Waals surface area contributed by atoms with Crippen molar-refractivity contribution < 1.29 is 9.90 Å². The summed E-state index contributed by atoms with van der Waals surface area (Å²) in [6.45, 7) is 0. The van der Waals surface area contributed by atoms with E-state index in [1.807, 2.05) is 0 Å². The van der Waals surface area contributed by atoms with E-state index in [2.05, 4.69) is 67.8 Å². The van der Waals surface area contributed by atoms with E-state index in [1.54, 1.807) is 0 Å². The van der Waals surface area contributed by atoms with Crippen LogP contribution in [0.25, 0.3) is 0 Å². The van der Waals surface area contributed by atoms with E-state index < -0.39 is 5.97 Å². The van der Waals surface area contributed by atoms with Crippen molar-refractivity contribution in [3.63, 3.8) is 0 Å². The van der Waals surface area contributed by atoms with Crippen molar-refractivity contribution in [2.24, 2.45) is 0 Å². The van der Waals surface area contributed by atoms with Crippen LogP contribution in [-0.4, -0.2) is 30.3 Å². The van der Waals surface area contributed by atoms with Crippen molar-refractivity contribution in [3.8, 4) is 0 Å². The molecule has 0 rings (SSSR count). The second-order valence-electron chi connectivity index (χ2n) is 1.19. The first kappa shape index (κ1) is 13.9. The fourth-order valence-electron chi connectivity index (χ4n) is 0.171. The zero-order valence-corrected chi connectivity index (χ0v) is 10.2. The summed E-state index contributed by atoms with van der Waals surface area (Å²) < 4.78 is -0.168. The van der Waals surface area contributed by atoms with Crippen LogP contribution in [0, 0.1) is 0 Å². The molecular formula is C3H6GaI3O2. The van der Waals surface area contributed by atoms with E-state index in [0.717, 1.165) is 0 Å². The topological polar surface area (TPSA) is 37.3 Å². The van der Waals surface area contributed by atoms with Crippen LogP contribution in [0.5, 0.6) is 0 Å². The second-order valence-corrected chi connectivity index (χ2v) is 12.9. The van der Waals surface area contributed by atoms with Crippen LogP contribution < -0.4 is 0 Å². The van der Waals surface area contributed by atoms with Gasteiger partial charge in [0.15, 0.2) is 0 Å². The van der Waals surface area contributed by atoms with Crippen molar-refractivity contribution in [2.45, 2.75) is 5.86 Å². The Bertz CT molecular complexity index is 99.7. The maximum atomic E-state index is 10.0. The molecule has 6 heteroatoms. The van der Waals surface area contributed by atoms with Crippen LogP contribution in [0.1, 0.15) is 6.42 Å². The Labute approximate surface area is 107 Å². The van der Waals surface area contributed by atoms with Crippen LogP contribution in [0.15, 0.2) is 0 Å². The monoisotopic (exact) mass is 524 g/mol. The number of alkyl halides is 3. The summed E-state index contributed by atoms with van der Waals surface area (Å²) in [6, 6.07) is 0. The number of halogens is 3. The predicted molar refractivity (Wildman–Crippen MR) is 67.0 cm³/mol. The van der Waals surface area contributed by atoms with Crippen LogP contribution >= 0.6 is 67.8 Å². The van der Waals surface area contributed by atoms with Gasteiger partial charge in [-0.1, -0.05) is 67.8 Å². The summed E-state index contributed by atoms with van der Waals surface area (Å²) >= 11 is 6.25. The molecule has 0 aromatic rings. The average molecular weight is 525 g/mol. The van der Waals surface area contributed by atoms with Gasteiger partial charge < -0.3 is 5.11 Å². The third-order valence-electron chi connectivity index (χ3n) is 0.352. The summed E-state index contributed by atoms with van der Waals surface area (Å²) in [7, 11) is 0. The summed E-state index contributed by atoms with van der Waals surface area (Å²) in [5.74, 6) is -0.747. The van der Waals surface area contributed by atoms with Gasteiger partial charge in [-0.25, -0.2) is 0 Å². The fraction of sp³-hybridized carbons (Fsp3) is 0.667. The standard InChI is InChI=1S/C3H3I3O2.Ga.3H/c4-3(5,6)1-2(7)8;;;;/h1H2,(H,7,8);;;;. The Hall–Kier alpha value is 2.30. The summed E-state index contributed by atoms with van der Waals surface area (Å²) in [4.78, 5) is 10.0. The fourth-order valence-corrected chi connectivity index (χ4v) is 1.15. The van der Waals surface area contributed by atoms with Gasteiger partial charge in [0.1, 0.15) is -0.565 Å². The number of hydrogen-bond acceptors (Lipinski definition) is 1. The predicted octanol–water partition coefficient (Wildman–Crippen LogP) is 1.24. The number of hydrogen-bond donors (Lipinski definition) is 1. The Balaban J connectivity index is 0. The van der Waals surface area contributed by atoms with Crippen LogP contribution in [0.3, 0.4) is 0 Å². The average Bonchev–Trinajstić information content (AvgIpc) is 1.21. The zero-order chi connectivity index (χ0) is 6.78. The van der Waals surface area contributed by atoms with Gasteiger partial charge in [-0.3, -0.25) is 4.79 Å². The molecule has 0 spiro atoms. The molecule has 0 radical (unpaired) electrons. The number of aliphatic carboxylic acids is 1. The van der Waals surface area contributed by atoms with Crippen molar-refractivity contribution in [2.75, 3.05) is 0 Å². The van der Waals surface area contributed by atoms with Crippen molar-refractivity contribution in [3.05, 3.63) is 0 Å². The summed E-state index contributed by atoms with van der Waals surface area (Å²) in [6.07, 6.45) is 0.203. The molecule has 0 bridgehead atoms. The zero-order valence-electron chi connectivity index (χ0n) is 3.70. The second kappa shape index (κ2) is 5.89. The van der Waals surface area contributed by atoms with Crippen molar-refractivity contribution >= 4 is 93.5 Å². The number of carboxylic acids is 1. The van der Waals surface area contributed by atoms with Gasteiger partial charge in [0.25, 0.3) is 0 Å². The van der Waals surface area contributed by atoms with E-state index in [9.17, 15) is 4.79 Å². The molecule has 0 heterocycles. The van der Waals surface area contributed by atoms with Crippen LogP contribution in [0.4, 0.5) is 0 Å². The molecule has 1 N–H and O–H groups in total. The molecule has 0 amide bonds. The summed E-state index contributed by atoms with van der Waals surface area (Å²) in [5, 5.41) is 8.23. The molecule has 0 fully saturated rings. The summed E-state index contributed by atoms with van der Waals surface area (Å²) in [5.41, 5.74) is 0. The molecule has 0 saturated heterocycles. The molecule has 0 saturated carbocycles. The van der Waals surface area contributed by atoms with Gasteiger partial charge in [0.2, 0.25) is 0 Å². The Morgan fingerprint density at radius 2 is 1.78 bits per heavy atom. The molecule has 0 aliphatic rings. The molecule has 0 atom stereocenters. The van der Waals surface area contributed by atoms with Crippen LogP contribution in [-0.2, 0) is 4.79 Å². The Kier molecular flexibility index (Phi) is 9.06. The molecule has 9 heavy (non-hydrogen) atoms.